The van der Waals surface area contributed by atoms with E-state index < -0.39 is 11.9 Å². The first-order valence-corrected chi connectivity index (χ1v) is 8.63. The highest BCUT2D eigenvalue weighted by atomic mass is 32.2. The lowest BCUT2D eigenvalue weighted by Gasteiger charge is -2.27. The molecular weight excluding hydrogens is 340 g/mol. The molecule has 6 nitrogen and oxygen atoms in total. The van der Waals surface area contributed by atoms with E-state index in [2.05, 4.69) is 4.98 Å². The van der Waals surface area contributed by atoms with Crippen molar-refractivity contribution >= 4 is 29.6 Å². The number of nitrogens with zero attached hydrogens (tertiary/aromatic N) is 2. The number of pyridine rings is 1. The zero-order valence-corrected chi connectivity index (χ0v) is 15.1. The molecule has 132 valence electrons. The molecule has 0 fully saturated rings. The van der Waals surface area contributed by atoms with Crippen LogP contribution in [-0.4, -0.2) is 34.7 Å². The van der Waals surface area contributed by atoms with Crippen molar-refractivity contribution in [3.8, 4) is 0 Å². The highest BCUT2D eigenvalue weighted by Crippen LogP contribution is 2.31. The molecule has 0 saturated heterocycles. The topological polar surface area (TPSA) is 79.7 Å². The molecule has 0 atom stereocenters. The van der Waals surface area contributed by atoms with Crippen LogP contribution < -0.4 is 4.31 Å². The van der Waals surface area contributed by atoms with Gasteiger partial charge < -0.3 is 14.1 Å². The summed E-state index contributed by atoms with van der Waals surface area (Å²) in [5, 5.41) is 9.12. The van der Waals surface area contributed by atoms with Gasteiger partial charge >= 0.3 is 11.9 Å². The van der Waals surface area contributed by atoms with Gasteiger partial charge in [-0.2, -0.15) is 0 Å². The van der Waals surface area contributed by atoms with Crippen molar-refractivity contribution in [3.63, 3.8) is 0 Å². The average molecular weight is 360 g/mol. The first kappa shape index (κ1) is 18.8. The third-order valence-corrected chi connectivity index (χ3v) is 4.53. The summed E-state index contributed by atoms with van der Waals surface area (Å²) in [6.07, 6.45) is 1.61. The standard InChI is InChI=1S/C18H20N2O4S/c1-4-24-18(23)16-9-8-14(11-19-16)20(12(2)3)25-15-7-5-6-13(10-15)17(21)22/h5-12H,4H2,1-3H3,(H,21,22). The van der Waals surface area contributed by atoms with Crippen LogP contribution in [0.3, 0.4) is 0 Å². The van der Waals surface area contributed by atoms with Crippen LogP contribution in [0.2, 0.25) is 0 Å². The number of anilines is 1. The summed E-state index contributed by atoms with van der Waals surface area (Å²) in [5.41, 5.74) is 1.31. The zero-order chi connectivity index (χ0) is 18.4. The average Bonchev–Trinajstić information content (AvgIpc) is 2.60. The molecule has 0 bridgehead atoms. The lowest BCUT2D eigenvalue weighted by Crippen LogP contribution is -2.23. The molecule has 0 radical (unpaired) electrons. The van der Waals surface area contributed by atoms with E-state index >= 15 is 0 Å². The molecule has 1 heterocycles. The molecule has 0 aliphatic carbocycles. The number of rotatable bonds is 7. The first-order valence-electron chi connectivity index (χ1n) is 7.86. The largest absolute Gasteiger partial charge is 0.478 e. The number of esters is 1. The number of carbonyl (C=O) groups is 2. The molecule has 0 amide bonds. The second-order valence-electron chi connectivity index (χ2n) is 5.47. The Balaban J connectivity index is 2.22. The van der Waals surface area contributed by atoms with Gasteiger partial charge in [0.15, 0.2) is 0 Å². The summed E-state index contributed by atoms with van der Waals surface area (Å²) in [6, 6.07) is 10.3. The Morgan fingerprint density at radius 3 is 2.60 bits per heavy atom. The molecule has 0 unspecified atom stereocenters. The van der Waals surface area contributed by atoms with Gasteiger partial charge in [-0.1, -0.05) is 6.07 Å². The van der Waals surface area contributed by atoms with Gasteiger partial charge in [-0.3, -0.25) is 0 Å². The van der Waals surface area contributed by atoms with Crippen LogP contribution in [0.15, 0.2) is 47.5 Å². The van der Waals surface area contributed by atoms with Gasteiger partial charge in [0.05, 0.1) is 24.1 Å². The Labute approximate surface area is 151 Å². The lowest BCUT2D eigenvalue weighted by molar-refractivity contribution is 0.0519. The Kier molecular flexibility index (Phi) is 6.41. The summed E-state index contributed by atoms with van der Waals surface area (Å²) in [7, 11) is 0. The molecular formula is C18H20N2O4S. The highest BCUT2D eigenvalue weighted by Gasteiger charge is 2.16. The van der Waals surface area contributed by atoms with E-state index in [0.29, 0.717) is 6.61 Å². The number of hydrogen-bond donors (Lipinski definition) is 1. The fourth-order valence-corrected chi connectivity index (χ4v) is 3.07. The number of carboxylic acid groups (broad SMARTS) is 1. The fourth-order valence-electron chi connectivity index (χ4n) is 2.10. The number of benzene rings is 1. The summed E-state index contributed by atoms with van der Waals surface area (Å²) in [5.74, 6) is -1.41. The molecule has 0 spiro atoms. The van der Waals surface area contributed by atoms with E-state index in [1.54, 1.807) is 43.5 Å². The maximum atomic E-state index is 11.7. The maximum absolute atomic E-state index is 11.7. The van der Waals surface area contributed by atoms with E-state index in [0.717, 1.165) is 10.6 Å². The van der Waals surface area contributed by atoms with Gasteiger partial charge in [0.25, 0.3) is 0 Å². The van der Waals surface area contributed by atoms with Crippen molar-refractivity contribution in [2.45, 2.75) is 31.7 Å². The smallest absolute Gasteiger partial charge is 0.356 e. The highest BCUT2D eigenvalue weighted by molar-refractivity contribution is 8.00. The molecule has 0 aliphatic heterocycles. The van der Waals surface area contributed by atoms with Crippen molar-refractivity contribution in [2.75, 3.05) is 10.9 Å². The number of aromatic nitrogens is 1. The van der Waals surface area contributed by atoms with Crippen molar-refractivity contribution in [3.05, 3.63) is 53.9 Å². The van der Waals surface area contributed by atoms with Gasteiger partial charge in [0, 0.05) is 10.9 Å². The van der Waals surface area contributed by atoms with Gasteiger partial charge in [-0.25, -0.2) is 14.6 Å². The third-order valence-electron chi connectivity index (χ3n) is 3.24. The van der Waals surface area contributed by atoms with E-state index in [1.165, 1.54) is 11.9 Å². The number of aromatic carboxylic acids is 1. The second-order valence-corrected chi connectivity index (χ2v) is 6.51. The van der Waals surface area contributed by atoms with E-state index in [-0.39, 0.29) is 17.3 Å². The third kappa shape index (κ3) is 4.96. The monoisotopic (exact) mass is 360 g/mol. The molecule has 0 saturated carbocycles. The molecule has 2 rings (SSSR count). The molecule has 1 N–H and O–H groups in total. The lowest BCUT2D eigenvalue weighted by atomic mass is 10.2. The van der Waals surface area contributed by atoms with Gasteiger partial charge in [0.2, 0.25) is 0 Å². The van der Waals surface area contributed by atoms with Crippen molar-refractivity contribution in [1.82, 2.24) is 4.98 Å². The normalized spacial score (nSPS) is 10.6. The minimum absolute atomic E-state index is 0.133. The molecule has 25 heavy (non-hydrogen) atoms. The van der Waals surface area contributed by atoms with E-state index in [4.69, 9.17) is 9.84 Å². The number of carbonyl (C=O) groups excluding carboxylic acids is 1. The van der Waals surface area contributed by atoms with Crippen LogP contribution in [0, 0.1) is 0 Å². The Morgan fingerprint density at radius 2 is 2.04 bits per heavy atom. The molecule has 2 aromatic rings. The predicted octanol–water partition coefficient (Wildman–Crippen LogP) is 3.88. The Bertz CT molecular complexity index is 747. The summed E-state index contributed by atoms with van der Waals surface area (Å²) >= 11 is 1.42. The van der Waals surface area contributed by atoms with Crippen LogP contribution in [0.25, 0.3) is 0 Å². The number of carboxylic acids is 1. The maximum Gasteiger partial charge on any atom is 0.356 e. The van der Waals surface area contributed by atoms with Crippen LogP contribution in [0.5, 0.6) is 0 Å². The van der Waals surface area contributed by atoms with Crippen molar-refractivity contribution < 1.29 is 19.4 Å². The molecule has 0 aliphatic rings. The van der Waals surface area contributed by atoms with E-state index in [9.17, 15) is 9.59 Å². The zero-order valence-electron chi connectivity index (χ0n) is 14.3. The quantitative estimate of drug-likeness (QED) is 0.593. The SMILES string of the molecule is CCOC(=O)c1ccc(N(Sc2cccc(C(=O)O)c2)C(C)C)cn1. The molecule has 7 heteroatoms. The van der Waals surface area contributed by atoms with Gasteiger partial charge in [-0.05, 0) is 63.1 Å². The van der Waals surface area contributed by atoms with E-state index in [1.807, 2.05) is 24.2 Å². The second kappa shape index (κ2) is 8.53. The molecule has 1 aromatic carbocycles. The molecule has 1 aromatic heterocycles. The number of ether oxygens (including phenoxy) is 1. The van der Waals surface area contributed by atoms with Gasteiger partial charge in [-0.15, -0.1) is 0 Å². The summed E-state index contributed by atoms with van der Waals surface area (Å²) < 4.78 is 6.93. The Morgan fingerprint density at radius 1 is 1.28 bits per heavy atom. The van der Waals surface area contributed by atoms with Crippen LogP contribution in [0.1, 0.15) is 41.6 Å². The fraction of sp³-hybridized carbons (Fsp3) is 0.278. The summed E-state index contributed by atoms with van der Waals surface area (Å²) in [4.78, 5) is 27.8. The first-order chi connectivity index (χ1) is 11.9. The van der Waals surface area contributed by atoms with Crippen LogP contribution >= 0.6 is 11.9 Å². The van der Waals surface area contributed by atoms with Crippen molar-refractivity contribution in [1.29, 1.82) is 0 Å². The number of hydrogen-bond acceptors (Lipinski definition) is 6. The van der Waals surface area contributed by atoms with Crippen molar-refractivity contribution in [2.24, 2.45) is 0 Å². The minimum atomic E-state index is -0.959. The van der Waals surface area contributed by atoms with Crippen LogP contribution in [0.4, 0.5) is 5.69 Å². The van der Waals surface area contributed by atoms with Crippen LogP contribution in [-0.2, 0) is 4.74 Å². The summed E-state index contributed by atoms with van der Waals surface area (Å²) in [6.45, 7) is 6.09. The van der Waals surface area contributed by atoms with Gasteiger partial charge in [0.1, 0.15) is 5.69 Å². The Hall–Kier alpha value is -2.54. The predicted molar refractivity (Wildman–Crippen MR) is 97.1 cm³/mol. The minimum Gasteiger partial charge on any atom is -0.478 e.